The molecule has 6 heteroatoms. The van der Waals surface area contributed by atoms with Gasteiger partial charge in [-0.15, -0.1) is 0 Å². The van der Waals surface area contributed by atoms with E-state index in [0.29, 0.717) is 29.1 Å². The number of anilines is 2. The SMILES string of the molecule is CC(C)(N)c1ccc(N/C(=C2\C(=O)Nc3cc(F)ccc32)c2ccc(CN)cc2)cc1. The van der Waals surface area contributed by atoms with Crippen LogP contribution in [0.3, 0.4) is 0 Å². The van der Waals surface area contributed by atoms with Crippen LogP contribution in [0.25, 0.3) is 11.3 Å². The van der Waals surface area contributed by atoms with Gasteiger partial charge in [-0.1, -0.05) is 36.4 Å². The van der Waals surface area contributed by atoms with Gasteiger partial charge in [0.2, 0.25) is 0 Å². The van der Waals surface area contributed by atoms with E-state index in [0.717, 1.165) is 22.4 Å². The van der Waals surface area contributed by atoms with Crippen LogP contribution in [-0.2, 0) is 16.9 Å². The largest absolute Gasteiger partial charge is 0.354 e. The Hall–Kier alpha value is -3.48. The highest BCUT2D eigenvalue weighted by molar-refractivity contribution is 6.37. The second-order valence-electron chi connectivity index (χ2n) is 8.22. The van der Waals surface area contributed by atoms with Crippen molar-refractivity contribution in [3.8, 4) is 0 Å². The van der Waals surface area contributed by atoms with E-state index in [4.69, 9.17) is 11.5 Å². The Kier molecular flexibility index (Phi) is 5.35. The highest BCUT2D eigenvalue weighted by Crippen LogP contribution is 2.38. The number of hydrogen-bond donors (Lipinski definition) is 4. The van der Waals surface area contributed by atoms with Crippen molar-refractivity contribution in [1.29, 1.82) is 0 Å². The van der Waals surface area contributed by atoms with Crippen LogP contribution in [0.4, 0.5) is 15.8 Å². The number of amides is 1. The zero-order chi connectivity index (χ0) is 22.2. The van der Waals surface area contributed by atoms with E-state index >= 15 is 0 Å². The third-order valence-corrected chi connectivity index (χ3v) is 5.35. The van der Waals surface area contributed by atoms with Gasteiger partial charge in [-0.05, 0) is 60.9 Å². The van der Waals surface area contributed by atoms with E-state index in [2.05, 4.69) is 10.6 Å². The Morgan fingerprint density at radius 1 is 1.03 bits per heavy atom. The lowest BCUT2D eigenvalue weighted by Gasteiger charge is -2.20. The lowest BCUT2D eigenvalue weighted by molar-refractivity contribution is -0.110. The zero-order valence-corrected chi connectivity index (χ0v) is 17.5. The van der Waals surface area contributed by atoms with Gasteiger partial charge in [0.15, 0.2) is 0 Å². The normalized spacial score (nSPS) is 14.8. The second-order valence-corrected chi connectivity index (χ2v) is 8.22. The maximum atomic E-state index is 13.7. The van der Waals surface area contributed by atoms with Crippen molar-refractivity contribution in [1.82, 2.24) is 0 Å². The molecule has 0 bridgehead atoms. The lowest BCUT2D eigenvalue weighted by atomic mass is 9.95. The van der Waals surface area contributed by atoms with Gasteiger partial charge in [-0.3, -0.25) is 4.79 Å². The number of carbonyl (C=O) groups excluding carboxylic acids is 1. The number of benzene rings is 3. The summed E-state index contributed by atoms with van der Waals surface area (Å²) in [7, 11) is 0. The third-order valence-electron chi connectivity index (χ3n) is 5.35. The van der Waals surface area contributed by atoms with Crippen LogP contribution >= 0.6 is 0 Å². The molecule has 3 aromatic carbocycles. The topological polar surface area (TPSA) is 93.2 Å². The first-order valence-corrected chi connectivity index (χ1v) is 10.1. The fourth-order valence-electron chi connectivity index (χ4n) is 3.61. The lowest BCUT2D eigenvalue weighted by Crippen LogP contribution is -2.28. The number of hydrogen-bond acceptors (Lipinski definition) is 4. The molecule has 0 spiro atoms. The van der Waals surface area contributed by atoms with E-state index in [1.807, 2.05) is 62.4 Å². The molecule has 0 aromatic heterocycles. The summed E-state index contributed by atoms with van der Waals surface area (Å²) in [4.78, 5) is 12.9. The molecule has 0 unspecified atom stereocenters. The van der Waals surface area contributed by atoms with Crippen molar-refractivity contribution in [3.63, 3.8) is 0 Å². The standard InChI is InChI=1S/C25H25FN4O/c1-25(2,28)17-7-10-19(11-8-17)29-23(16-5-3-15(14-27)4-6-16)22-20-12-9-18(26)13-21(20)30-24(22)31/h3-13,29H,14,27-28H2,1-2H3,(H,30,31)/b23-22-. The smallest absolute Gasteiger partial charge is 0.258 e. The molecular formula is C25H25FN4O. The van der Waals surface area contributed by atoms with Crippen molar-refractivity contribution < 1.29 is 9.18 Å². The summed E-state index contributed by atoms with van der Waals surface area (Å²) >= 11 is 0. The number of rotatable bonds is 5. The molecule has 0 atom stereocenters. The van der Waals surface area contributed by atoms with E-state index in [1.54, 1.807) is 6.07 Å². The Morgan fingerprint density at radius 2 is 1.71 bits per heavy atom. The molecule has 0 radical (unpaired) electrons. The van der Waals surface area contributed by atoms with Gasteiger partial charge < -0.3 is 22.1 Å². The Labute approximate surface area is 181 Å². The van der Waals surface area contributed by atoms with Crippen LogP contribution in [0.5, 0.6) is 0 Å². The van der Waals surface area contributed by atoms with Gasteiger partial charge in [0.25, 0.3) is 5.91 Å². The monoisotopic (exact) mass is 416 g/mol. The van der Waals surface area contributed by atoms with Gasteiger partial charge in [-0.2, -0.15) is 0 Å². The van der Waals surface area contributed by atoms with E-state index in [-0.39, 0.29) is 5.91 Å². The fraction of sp³-hybridized carbons (Fsp3) is 0.160. The van der Waals surface area contributed by atoms with Gasteiger partial charge in [0.1, 0.15) is 5.82 Å². The molecule has 4 rings (SSSR count). The Bertz CT molecular complexity index is 1160. The molecule has 6 N–H and O–H groups in total. The molecule has 0 saturated carbocycles. The molecule has 1 aliphatic rings. The van der Waals surface area contributed by atoms with Gasteiger partial charge >= 0.3 is 0 Å². The molecule has 0 fully saturated rings. The first-order valence-electron chi connectivity index (χ1n) is 10.1. The number of nitrogens with one attached hydrogen (secondary N) is 2. The van der Waals surface area contributed by atoms with Crippen LogP contribution in [0, 0.1) is 5.82 Å². The van der Waals surface area contributed by atoms with Crippen LogP contribution in [0.1, 0.15) is 36.1 Å². The van der Waals surface area contributed by atoms with Gasteiger partial charge in [0.05, 0.1) is 17.0 Å². The number of halogens is 1. The summed E-state index contributed by atoms with van der Waals surface area (Å²) in [6.45, 7) is 4.32. The average Bonchev–Trinajstić information content (AvgIpc) is 3.06. The summed E-state index contributed by atoms with van der Waals surface area (Å²) in [6.07, 6.45) is 0. The molecule has 158 valence electrons. The molecule has 1 heterocycles. The second kappa shape index (κ2) is 7.98. The van der Waals surface area contributed by atoms with E-state index < -0.39 is 11.4 Å². The summed E-state index contributed by atoms with van der Waals surface area (Å²) in [6, 6.07) is 19.8. The van der Waals surface area contributed by atoms with Crippen molar-refractivity contribution in [2.24, 2.45) is 11.5 Å². The zero-order valence-electron chi connectivity index (χ0n) is 17.5. The van der Waals surface area contributed by atoms with Crippen LogP contribution in [-0.4, -0.2) is 5.91 Å². The minimum Gasteiger partial charge on any atom is -0.354 e. The molecule has 1 aliphatic heterocycles. The quantitative estimate of drug-likeness (QED) is 0.464. The van der Waals surface area contributed by atoms with Crippen LogP contribution in [0.15, 0.2) is 66.7 Å². The number of nitrogens with two attached hydrogens (primary N) is 2. The number of carbonyl (C=O) groups is 1. The minimum absolute atomic E-state index is 0.286. The summed E-state index contributed by atoms with van der Waals surface area (Å²) in [5.74, 6) is -0.687. The van der Waals surface area contributed by atoms with Crippen LogP contribution < -0.4 is 22.1 Å². The highest BCUT2D eigenvalue weighted by Gasteiger charge is 2.29. The minimum atomic E-state index is -0.452. The predicted molar refractivity (Wildman–Crippen MR) is 123 cm³/mol. The highest BCUT2D eigenvalue weighted by atomic mass is 19.1. The molecule has 0 aliphatic carbocycles. The molecule has 31 heavy (non-hydrogen) atoms. The van der Waals surface area contributed by atoms with Crippen LogP contribution in [0.2, 0.25) is 0 Å². The maximum Gasteiger partial charge on any atom is 0.258 e. The molecular weight excluding hydrogens is 391 g/mol. The van der Waals surface area contributed by atoms with Gasteiger partial charge in [-0.25, -0.2) is 4.39 Å². The first-order chi connectivity index (χ1) is 14.8. The van der Waals surface area contributed by atoms with E-state index in [9.17, 15) is 9.18 Å². The first kappa shape index (κ1) is 20.8. The molecule has 0 saturated heterocycles. The van der Waals surface area contributed by atoms with Crippen molar-refractivity contribution in [3.05, 3.63) is 94.8 Å². The molecule has 1 amide bonds. The fourth-order valence-corrected chi connectivity index (χ4v) is 3.61. The predicted octanol–water partition coefficient (Wildman–Crippen LogP) is 4.41. The van der Waals surface area contributed by atoms with Gasteiger partial charge in [0, 0.05) is 23.3 Å². The summed E-state index contributed by atoms with van der Waals surface area (Å²) < 4.78 is 13.7. The molecule has 5 nitrogen and oxygen atoms in total. The summed E-state index contributed by atoms with van der Waals surface area (Å²) in [5.41, 5.74) is 17.3. The summed E-state index contributed by atoms with van der Waals surface area (Å²) in [5, 5.41) is 6.15. The third kappa shape index (κ3) is 4.21. The number of fused-ring (bicyclic) bond motifs is 1. The van der Waals surface area contributed by atoms with Crippen molar-refractivity contribution in [2.45, 2.75) is 25.9 Å². The Balaban J connectivity index is 1.83. The van der Waals surface area contributed by atoms with Crippen molar-refractivity contribution >= 4 is 28.6 Å². The maximum absolute atomic E-state index is 13.7. The Morgan fingerprint density at radius 3 is 2.32 bits per heavy atom. The van der Waals surface area contributed by atoms with E-state index in [1.165, 1.54) is 12.1 Å². The average molecular weight is 417 g/mol. The molecule has 3 aromatic rings. The van der Waals surface area contributed by atoms with Crippen molar-refractivity contribution in [2.75, 3.05) is 10.6 Å².